The highest BCUT2D eigenvalue weighted by Gasteiger charge is 2.35. The van der Waals surface area contributed by atoms with E-state index in [0.717, 1.165) is 18.7 Å². The maximum absolute atomic E-state index is 12.2. The van der Waals surface area contributed by atoms with Crippen molar-refractivity contribution >= 4 is 29.4 Å². The molecular formula is C26H32N4O2. The number of rotatable bonds is 5. The number of hydrogen-bond donors (Lipinski definition) is 2. The van der Waals surface area contributed by atoms with Crippen LogP contribution in [0.25, 0.3) is 0 Å². The number of piperidine rings is 1. The molecule has 168 valence electrons. The van der Waals surface area contributed by atoms with Crippen LogP contribution >= 0.6 is 0 Å². The average molecular weight is 433 g/mol. The Labute approximate surface area is 190 Å². The van der Waals surface area contributed by atoms with E-state index in [-0.39, 0.29) is 11.8 Å². The average Bonchev–Trinajstić information content (AvgIpc) is 2.81. The van der Waals surface area contributed by atoms with Crippen LogP contribution < -0.4 is 15.6 Å². The highest BCUT2D eigenvalue weighted by atomic mass is 16.2. The smallest absolute Gasteiger partial charge is 0.271 e. The zero-order valence-electron chi connectivity index (χ0n) is 18.8. The van der Waals surface area contributed by atoms with Gasteiger partial charge in [-0.1, -0.05) is 31.4 Å². The first-order valence-corrected chi connectivity index (χ1v) is 11.6. The summed E-state index contributed by atoms with van der Waals surface area (Å²) in [5.74, 6) is -0.441. The summed E-state index contributed by atoms with van der Waals surface area (Å²) in [6.07, 6.45) is 11.4. The van der Waals surface area contributed by atoms with E-state index in [4.69, 9.17) is 0 Å². The van der Waals surface area contributed by atoms with Crippen LogP contribution in [0.15, 0.2) is 53.6 Å². The number of hydrazone groups is 1. The Bertz CT molecular complexity index is 950. The monoisotopic (exact) mass is 432 g/mol. The van der Waals surface area contributed by atoms with Gasteiger partial charge in [-0.05, 0) is 73.1 Å². The van der Waals surface area contributed by atoms with Crippen molar-refractivity contribution in [3.8, 4) is 0 Å². The van der Waals surface area contributed by atoms with Crippen LogP contribution in [0.4, 0.5) is 11.4 Å². The first-order chi connectivity index (χ1) is 15.5. The quantitative estimate of drug-likeness (QED) is 0.518. The SMILES string of the molecule is CC(=O)Nc1ccc(C(=O)NN=Cc2ccc(N3CCC4(CCCCC4)CC3)cc2)cc1. The van der Waals surface area contributed by atoms with Gasteiger partial charge in [0.05, 0.1) is 6.21 Å². The van der Waals surface area contributed by atoms with Gasteiger partial charge in [0, 0.05) is 37.0 Å². The van der Waals surface area contributed by atoms with E-state index in [9.17, 15) is 9.59 Å². The van der Waals surface area contributed by atoms with E-state index >= 15 is 0 Å². The third-order valence-electron chi connectivity index (χ3n) is 6.84. The lowest BCUT2D eigenvalue weighted by Crippen LogP contribution is -2.41. The molecule has 2 aromatic rings. The molecule has 2 fully saturated rings. The predicted molar refractivity (Wildman–Crippen MR) is 129 cm³/mol. The molecular weight excluding hydrogens is 400 g/mol. The Balaban J connectivity index is 1.27. The molecule has 1 spiro atoms. The van der Waals surface area contributed by atoms with Gasteiger partial charge in [0.15, 0.2) is 0 Å². The van der Waals surface area contributed by atoms with Gasteiger partial charge in [-0.2, -0.15) is 5.10 Å². The molecule has 2 aromatic carbocycles. The van der Waals surface area contributed by atoms with Gasteiger partial charge >= 0.3 is 0 Å². The van der Waals surface area contributed by atoms with Gasteiger partial charge in [-0.15, -0.1) is 0 Å². The fourth-order valence-corrected chi connectivity index (χ4v) is 4.95. The van der Waals surface area contributed by atoms with Crippen LogP contribution in [0.5, 0.6) is 0 Å². The fourth-order valence-electron chi connectivity index (χ4n) is 4.95. The lowest BCUT2D eigenvalue weighted by atomic mass is 9.68. The van der Waals surface area contributed by atoms with Crippen LogP contribution in [-0.4, -0.2) is 31.1 Å². The van der Waals surface area contributed by atoms with Crippen molar-refractivity contribution in [1.82, 2.24) is 5.43 Å². The molecule has 0 bridgehead atoms. The van der Waals surface area contributed by atoms with E-state index in [1.54, 1.807) is 30.5 Å². The molecule has 1 aliphatic carbocycles. The van der Waals surface area contributed by atoms with Gasteiger partial charge < -0.3 is 10.2 Å². The van der Waals surface area contributed by atoms with Crippen LogP contribution in [0.3, 0.4) is 0 Å². The predicted octanol–water partition coefficient (Wildman–Crippen LogP) is 4.96. The number of amides is 2. The molecule has 2 N–H and O–H groups in total. The molecule has 6 heteroatoms. The Hall–Kier alpha value is -3.15. The summed E-state index contributed by atoms with van der Waals surface area (Å²) < 4.78 is 0. The van der Waals surface area contributed by atoms with E-state index in [0.29, 0.717) is 16.7 Å². The highest BCUT2D eigenvalue weighted by molar-refractivity contribution is 5.96. The molecule has 0 radical (unpaired) electrons. The number of benzene rings is 2. The molecule has 0 atom stereocenters. The topological polar surface area (TPSA) is 73.8 Å². The number of carbonyl (C=O) groups is 2. The van der Waals surface area contributed by atoms with Crippen molar-refractivity contribution in [2.45, 2.75) is 51.9 Å². The lowest BCUT2D eigenvalue weighted by Gasteiger charge is -2.45. The van der Waals surface area contributed by atoms with Crippen LogP contribution in [0, 0.1) is 5.41 Å². The van der Waals surface area contributed by atoms with Crippen LogP contribution in [-0.2, 0) is 4.79 Å². The van der Waals surface area contributed by atoms with Gasteiger partial charge in [0.25, 0.3) is 5.91 Å². The van der Waals surface area contributed by atoms with Gasteiger partial charge in [-0.3, -0.25) is 9.59 Å². The first kappa shape index (κ1) is 22.1. The maximum Gasteiger partial charge on any atom is 0.271 e. The highest BCUT2D eigenvalue weighted by Crippen LogP contribution is 2.45. The number of hydrogen-bond acceptors (Lipinski definition) is 4. The lowest BCUT2D eigenvalue weighted by molar-refractivity contribution is -0.114. The fraction of sp³-hybridized carbons (Fsp3) is 0.423. The van der Waals surface area contributed by atoms with Gasteiger partial charge in [0.2, 0.25) is 5.91 Å². The molecule has 32 heavy (non-hydrogen) atoms. The Morgan fingerprint density at radius 1 is 0.906 bits per heavy atom. The summed E-state index contributed by atoms with van der Waals surface area (Å²) in [5.41, 5.74) is 6.50. The summed E-state index contributed by atoms with van der Waals surface area (Å²) in [7, 11) is 0. The van der Waals surface area contributed by atoms with E-state index in [2.05, 4.69) is 32.9 Å². The molecule has 0 aromatic heterocycles. The number of carbonyl (C=O) groups excluding carboxylic acids is 2. The summed E-state index contributed by atoms with van der Waals surface area (Å²) >= 11 is 0. The second kappa shape index (κ2) is 9.98. The largest absolute Gasteiger partial charge is 0.371 e. The molecule has 6 nitrogen and oxygen atoms in total. The molecule has 1 saturated carbocycles. The minimum atomic E-state index is -0.294. The van der Waals surface area contributed by atoms with Crippen molar-refractivity contribution in [1.29, 1.82) is 0 Å². The van der Waals surface area contributed by atoms with Crippen molar-refractivity contribution in [3.05, 3.63) is 59.7 Å². The van der Waals surface area contributed by atoms with E-state index < -0.39 is 0 Å². The number of nitrogens with one attached hydrogen (secondary N) is 2. The first-order valence-electron chi connectivity index (χ1n) is 11.6. The Morgan fingerprint density at radius 3 is 2.19 bits per heavy atom. The zero-order valence-corrected chi connectivity index (χ0v) is 18.8. The molecule has 1 saturated heterocycles. The van der Waals surface area contributed by atoms with Gasteiger partial charge in [0.1, 0.15) is 0 Å². The van der Waals surface area contributed by atoms with Crippen molar-refractivity contribution in [3.63, 3.8) is 0 Å². The standard InChI is InChI=1S/C26H32N4O2/c1-20(31)28-23-9-7-22(8-10-23)25(32)29-27-19-21-5-11-24(12-6-21)30-17-15-26(16-18-30)13-3-2-4-14-26/h5-12,19H,2-4,13-18H2,1H3,(H,28,31)(H,29,32). The normalized spacial score (nSPS) is 18.0. The van der Waals surface area contributed by atoms with E-state index in [1.807, 2.05) is 12.1 Å². The molecule has 4 rings (SSSR count). The second-order valence-corrected chi connectivity index (χ2v) is 9.10. The summed E-state index contributed by atoms with van der Waals surface area (Å²) in [6.45, 7) is 3.73. The minimum Gasteiger partial charge on any atom is -0.371 e. The molecule has 2 amide bonds. The molecule has 0 unspecified atom stereocenters. The third kappa shape index (κ3) is 5.55. The summed E-state index contributed by atoms with van der Waals surface area (Å²) in [6, 6.07) is 15.1. The maximum atomic E-state index is 12.2. The van der Waals surface area contributed by atoms with Crippen LogP contribution in [0.1, 0.15) is 67.8 Å². The van der Waals surface area contributed by atoms with Crippen molar-refractivity contribution < 1.29 is 9.59 Å². The number of anilines is 2. The van der Waals surface area contributed by atoms with Crippen LogP contribution in [0.2, 0.25) is 0 Å². The number of nitrogens with zero attached hydrogens (tertiary/aromatic N) is 2. The zero-order chi connectivity index (χ0) is 22.4. The molecule has 1 heterocycles. The molecule has 1 aliphatic heterocycles. The van der Waals surface area contributed by atoms with Crippen molar-refractivity contribution in [2.75, 3.05) is 23.3 Å². The van der Waals surface area contributed by atoms with Gasteiger partial charge in [-0.25, -0.2) is 5.43 Å². The van der Waals surface area contributed by atoms with Crippen molar-refractivity contribution in [2.24, 2.45) is 10.5 Å². The summed E-state index contributed by atoms with van der Waals surface area (Å²) in [4.78, 5) is 25.8. The Morgan fingerprint density at radius 2 is 1.56 bits per heavy atom. The third-order valence-corrected chi connectivity index (χ3v) is 6.84. The minimum absolute atomic E-state index is 0.147. The summed E-state index contributed by atoms with van der Waals surface area (Å²) in [5, 5.41) is 6.76. The Kier molecular flexibility index (Phi) is 6.88. The van der Waals surface area contributed by atoms with E-state index in [1.165, 1.54) is 57.6 Å². The molecule has 2 aliphatic rings. The second-order valence-electron chi connectivity index (χ2n) is 9.10.